The van der Waals surface area contributed by atoms with Crippen molar-refractivity contribution in [3.05, 3.63) is 41.3 Å². The molecule has 0 bridgehead atoms. The first-order valence-corrected chi connectivity index (χ1v) is 8.37. The standard InChI is InChI=1S/C16H16F5N5O2/c17-14(18)13-12(7-23-26(13)9-16(19,20)21)15(27)24-10-3-4-25(22-6-10)8-11-2-1-5-28-11/h3-4,6-7,11,14H,1-2,5,8-9H2. The van der Waals surface area contributed by atoms with Gasteiger partial charge >= 0.3 is 6.18 Å². The Kier molecular flexibility index (Phi) is 5.87. The molecule has 0 N–H and O–H groups in total. The molecule has 1 amide bonds. The number of carbonyl (C=O) groups is 1. The SMILES string of the molecule is O=C(N=c1ccn(CC2CCCO2)nc1)c1cnn(CC(F)(F)F)c1C(F)F. The van der Waals surface area contributed by atoms with Crippen molar-refractivity contribution in [2.45, 2.75) is 44.6 Å². The van der Waals surface area contributed by atoms with Crippen molar-refractivity contribution in [3.63, 3.8) is 0 Å². The molecule has 2 aromatic heterocycles. The van der Waals surface area contributed by atoms with Crippen LogP contribution in [0.1, 0.15) is 35.3 Å². The number of hydrogen-bond acceptors (Lipinski definition) is 4. The van der Waals surface area contributed by atoms with Gasteiger partial charge in [0.15, 0.2) is 0 Å². The number of alkyl halides is 5. The van der Waals surface area contributed by atoms with E-state index >= 15 is 0 Å². The molecule has 7 nitrogen and oxygen atoms in total. The van der Waals surface area contributed by atoms with E-state index in [0.29, 0.717) is 19.3 Å². The normalized spacial score (nSPS) is 18.2. The van der Waals surface area contributed by atoms with Crippen LogP contribution in [-0.2, 0) is 17.8 Å². The fraction of sp³-hybridized carbons (Fsp3) is 0.500. The van der Waals surface area contributed by atoms with Crippen LogP contribution < -0.4 is 5.36 Å². The smallest absolute Gasteiger partial charge is 0.376 e. The predicted octanol–water partition coefficient (Wildman–Crippen LogP) is 2.50. The van der Waals surface area contributed by atoms with Gasteiger partial charge < -0.3 is 4.74 Å². The van der Waals surface area contributed by atoms with Gasteiger partial charge in [-0.15, -0.1) is 0 Å². The molecular weight excluding hydrogens is 389 g/mol. The van der Waals surface area contributed by atoms with Gasteiger partial charge in [-0.25, -0.2) is 13.8 Å². The molecule has 1 aliphatic rings. The van der Waals surface area contributed by atoms with Gasteiger partial charge in [0.2, 0.25) is 0 Å². The van der Waals surface area contributed by atoms with E-state index in [1.54, 1.807) is 10.9 Å². The van der Waals surface area contributed by atoms with Crippen LogP contribution in [0, 0.1) is 0 Å². The van der Waals surface area contributed by atoms with Crippen LogP contribution >= 0.6 is 0 Å². The zero-order valence-electron chi connectivity index (χ0n) is 14.4. The maximum absolute atomic E-state index is 13.2. The van der Waals surface area contributed by atoms with Gasteiger partial charge in [0.05, 0.1) is 36.0 Å². The van der Waals surface area contributed by atoms with E-state index in [0.717, 1.165) is 12.8 Å². The highest BCUT2D eigenvalue weighted by molar-refractivity contribution is 5.95. The first-order valence-electron chi connectivity index (χ1n) is 8.37. The molecule has 12 heteroatoms. The van der Waals surface area contributed by atoms with E-state index in [1.807, 2.05) is 0 Å². The Balaban J connectivity index is 1.80. The number of amides is 1. The molecule has 3 rings (SSSR count). The summed E-state index contributed by atoms with van der Waals surface area (Å²) in [5.74, 6) is -1.12. The Morgan fingerprint density at radius 3 is 2.68 bits per heavy atom. The minimum absolute atomic E-state index is 0.0509. The first kappa shape index (κ1) is 20.1. The molecule has 1 saturated heterocycles. The molecule has 1 aliphatic heterocycles. The Morgan fingerprint density at radius 1 is 1.32 bits per heavy atom. The summed E-state index contributed by atoms with van der Waals surface area (Å²) in [7, 11) is 0. The molecule has 0 spiro atoms. The molecule has 0 aliphatic carbocycles. The quantitative estimate of drug-likeness (QED) is 0.717. The fourth-order valence-electron chi connectivity index (χ4n) is 2.81. The van der Waals surface area contributed by atoms with Gasteiger partial charge in [-0.1, -0.05) is 0 Å². The second-order valence-electron chi connectivity index (χ2n) is 6.18. The number of hydrogen-bond donors (Lipinski definition) is 0. The van der Waals surface area contributed by atoms with Gasteiger partial charge in [-0.3, -0.25) is 14.2 Å². The van der Waals surface area contributed by atoms with Crippen molar-refractivity contribution >= 4 is 5.91 Å². The summed E-state index contributed by atoms with van der Waals surface area (Å²) in [5, 5.41) is 7.41. The lowest BCUT2D eigenvalue weighted by Gasteiger charge is -2.10. The Morgan fingerprint density at radius 2 is 2.11 bits per heavy atom. The van der Waals surface area contributed by atoms with Crippen LogP contribution in [0.4, 0.5) is 22.0 Å². The Hall–Kier alpha value is -2.63. The number of halogens is 5. The highest BCUT2D eigenvalue weighted by Gasteiger charge is 2.33. The topological polar surface area (TPSA) is 74.3 Å². The molecule has 0 saturated carbocycles. The van der Waals surface area contributed by atoms with E-state index in [4.69, 9.17) is 4.74 Å². The van der Waals surface area contributed by atoms with Gasteiger partial charge in [0.25, 0.3) is 12.3 Å². The van der Waals surface area contributed by atoms with Crippen molar-refractivity contribution in [2.75, 3.05) is 6.61 Å². The predicted molar refractivity (Wildman–Crippen MR) is 84.3 cm³/mol. The molecule has 28 heavy (non-hydrogen) atoms. The second kappa shape index (κ2) is 8.17. The molecule has 0 aromatic carbocycles. The maximum atomic E-state index is 13.2. The number of nitrogens with zero attached hydrogens (tertiary/aromatic N) is 5. The van der Waals surface area contributed by atoms with Crippen LogP contribution in [0.2, 0.25) is 0 Å². The number of rotatable bonds is 5. The lowest BCUT2D eigenvalue weighted by atomic mass is 10.2. The molecule has 1 unspecified atom stereocenters. The van der Waals surface area contributed by atoms with Crippen LogP contribution in [0.15, 0.2) is 29.6 Å². The first-order chi connectivity index (χ1) is 13.2. The zero-order chi connectivity index (χ0) is 20.3. The Bertz CT molecular complexity index is 879. The van der Waals surface area contributed by atoms with Crippen LogP contribution in [-0.4, -0.2) is 44.4 Å². The highest BCUT2D eigenvalue weighted by atomic mass is 19.4. The number of carbonyl (C=O) groups excluding carboxylic acids is 1. The third-order valence-electron chi connectivity index (χ3n) is 4.05. The van der Waals surface area contributed by atoms with Crippen LogP contribution in [0.3, 0.4) is 0 Å². The van der Waals surface area contributed by atoms with E-state index in [9.17, 15) is 26.7 Å². The lowest BCUT2D eigenvalue weighted by molar-refractivity contribution is -0.143. The summed E-state index contributed by atoms with van der Waals surface area (Å²) in [6.07, 6.45) is -2.67. The average molecular weight is 405 g/mol. The molecular formula is C16H16F5N5O2. The van der Waals surface area contributed by atoms with Gasteiger partial charge in [-0.2, -0.15) is 23.4 Å². The lowest BCUT2D eigenvalue weighted by Crippen LogP contribution is -2.21. The summed E-state index contributed by atoms with van der Waals surface area (Å²) in [6.45, 7) is -0.508. The fourth-order valence-corrected chi connectivity index (χ4v) is 2.81. The summed E-state index contributed by atoms with van der Waals surface area (Å²) < 4.78 is 71.0. The van der Waals surface area contributed by atoms with Crippen molar-refractivity contribution in [1.29, 1.82) is 0 Å². The molecule has 0 radical (unpaired) electrons. The van der Waals surface area contributed by atoms with Gasteiger partial charge in [0, 0.05) is 12.8 Å². The summed E-state index contributed by atoms with van der Waals surface area (Å²) in [5.41, 5.74) is -1.81. The van der Waals surface area contributed by atoms with Crippen molar-refractivity contribution < 1.29 is 31.5 Å². The van der Waals surface area contributed by atoms with Crippen molar-refractivity contribution in [2.24, 2.45) is 4.99 Å². The van der Waals surface area contributed by atoms with Gasteiger partial charge in [-0.05, 0) is 18.9 Å². The summed E-state index contributed by atoms with van der Waals surface area (Å²) in [4.78, 5) is 15.8. The second-order valence-corrected chi connectivity index (χ2v) is 6.18. The third kappa shape index (κ3) is 5.00. The van der Waals surface area contributed by atoms with E-state index in [-0.39, 0.29) is 16.1 Å². The molecule has 1 fully saturated rings. The molecule has 1 atom stereocenters. The minimum atomic E-state index is -4.76. The maximum Gasteiger partial charge on any atom is 0.408 e. The average Bonchev–Trinajstić information content (AvgIpc) is 3.25. The number of aromatic nitrogens is 4. The van der Waals surface area contributed by atoms with Gasteiger partial charge in [0.1, 0.15) is 12.2 Å². The molecule has 152 valence electrons. The van der Waals surface area contributed by atoms with Crippen molar-refractivity contribution in [3.8, 4) is 0 Å². The van der Waals surface area contributed by atoms with Crippen LogP contribution in [0.25, 0.3) is 0 Å². The third-order valence-corrected chi connectivity index (χ3v) is 4.05. The van der Waals surface area contributed by atoms with E-state index in [2.05, 4.69) is 15.2 Å². The molecule has 2 aromatic rings. The van der Waals surface area contributed by atoms with Crippen LogP contribution in [0.5, 0.6) is 0 Å². The summed E-state index contributed by atoms with van der Waals surface area (Å²) in [6, 6.07) is 1.45. The van der Waals surface area contributed by atoms with E-state index in [1.165, 1.54) is 12.3 Å². The van der Waals surface area contributed by atoms with E-state index < -0.39 is 36.3 Å². The monoisotopic (exact) mass is 405 g/mol. The Labute approximate surface area is 155 Å². The summed E-state index contributed by atoms with van der Waals surface area (Å²) >= 11 is 0. The largest absolute Gasteiger partial charge is 0.408 e. The van der Waals surface area contributed by atoms with Crippen molar-refractivity contribution in [1.82, 2.24) is 19.6 Å². The zero-order valence-corrected chi connectivity index (χ0v) is 14.4. The molecule has 3 heterocycles. The highest BCUT2D eigenvalue weighted by Crippen LogP contribution is 2.26. The minimum Gasteiger partial charge on any atom is -0.376 e. The number of ether oxygens (including phenoxy) is 1.